The third kappa shape index (κ3) is 1.94. The quantitative estimate of drug-likeness (QED) is 0.649. The molecule has 1 amide bonds. The number of rotatable bonds is 3. The van der Waals surface area contributed by atoms with E-state index in [2.05, 4.69) is 15.5 Å². The van der Waals surface area contributed by atoms with Gasteiger partial charge in [0.1, 0.15) is 11.4 Å². The van der Waals surface area contributed by atoms with Gasteiger partial charge < -0.3 is 15.8 Å². The smallest absolute Gasteiger partial charge is 0.256 e. The SMILES string of the molecule is COC1CC(NC(=O)c2cn[nH]c2N)C1. The van der Waals surface area contributed by atoms with E-state index in [9.17, 15) is 4.79 Å². The molecule has 0 spiro atoms. The fraction of sp³-hybridized carbons (Fsp3) is 0.556. The molecule has 1 aliphatic rings. The van der Waals surface area contributed by atoms with Crippen molar-refractivity contribution in [3.05, 3.63) is 11.8 Å². The van der Waals surface area contributed by atoms with E-state index >= 15 is 0 Å². The number of ether oxygens (including phenoxy) is 1. The first-order valence-corrected chi connectivity index (χ1v) is 4.83. The van der Waals surface area contributed by atoms with Crippen molar-refractivity contribution in [2.75, 3.05) is 12.8 Å². The number of nitrogens with zero attached hydrogens (tertiary/aromatic N) is 1. The zero-order chi connectivity index (χ0) is 10.8. The predicted octanol–water partition coefficient (Wildman–Crippen LogP) is -0.101. The topological polar surface area (TPSA) is 93.0 Å². The monoisotopic (exact) mass is 210 g/mol. The Balaban J connectivity index is 1.87. The van der Waals surface area contributed by atoms with E-state index in [0.717, 1.165) is 12.8 Å². The maximum atomic E-state index is 11.6. The second kappa shape index (κ2) is 3.90. The molecule has 0 unspecified atom stereocenters. The summed E-state index contributed by atoms with van der Waals surface area (Å²) in [6.45, 7) is 0. The average molecular weight is 210 g/mol. The molecule has 1 aliphatic carbocycles. The number of hydrogen-bond acceptors (Lipinski definition) is 4. The number of carbonyl (C=O) groups excluding carboxylic acids is 1. The molecule has 1 aromatic heterocycles. The van der Waals surface area contributed by atoms with E-state index in [1.807, 2.05) is 0 Å². The number of anilines is 1. The van der Waals surface area contributed by atoms with Gasteiger partial charge in [0.15, 0.2) is 0 Å². The molecule has 1 saturated carbocycles. The molecule has 1 aromatic rings. The van der Waals surface area contributed by atoms with Crippen molar-refractivity contribution in [2.45, 2.75) is 25.0 Å². The molecule has 6 heteroatoms. The number of methoxy groups -OCH3 is 1. The molecule has 0 atom stereocenters. The number of carbonyl (C=O) groups is 1. The van der Waals surface area contributed by atoms with Crippen LogP contribution in [-0.2, 0) is 4.74 Å². The van der Waals surface area contributed by atoms with Crippen LogP contribution in [0.1, 0.15) is 23.2 Å². The number of nitrogens with one attached hydrogen (secondary N) is 2. The first-order chi connectivity index (χ1) is 7.20. The van der Waals surface area contributed by atoms with Crippen LogP contribution in [0, 0.1) is 0 Å². The van der Waals surface area contributed by atoms with Crippen molar-refractivity contribution in [2.24, 2.45) is 0 Å². The molecule has 0 bridgehead atoms. The van der Waals surface area contributed by atoms with Crippen LogP contribution in [0.2, 0.25) is 0 Å². The summed E-state index contributed by atoms with van der Waals surface area (Å²) in [6.07, 6.45) is 3.42. The third-order valence-corrected chi connectivity index (χ3v) is 2.68. The van der Waals surface area contributed by atoms with Crippen LogP contribution in [0.25, 0.3) is 0 Å². The Bertz CT molecular complexity index is 357. The molecule has 15 heavy (non-hydrogen) atoms. The van der Waals surface area contributed by atoms with E-state index in [-0.39, 0.29) is 18.1 Å². The first-order valence-electron chi connectivity index (χ1n) is 4.83. The summed E-state index contributed by atoms with van der Waals surface area (Å²) in [5, 5.41) is 9.08. The molecule has 0 radical (unpaired) electrons. The highest BCUT2D eigenvalue weighted by atomic mass is 16.5. The average Bonchev–Trinajstić information content (AvgIpc) is 2.56. The van der Waals surface area contributed by atoms with Crippen LogP contribution in [0.4, 0.5) is 5.82 Å². The highest BCUT2D eigenvalue weighted by Gasteiger charge is 2.30. The zero-order valence-electron chi connectivity index (χ0n) is 8.49. The Kier molecular flexibility index (Phi) is 2.59. The van der Waals surface area contributed by atoms with Gasteiger partial charge in [0.25, 0.3) is 5.91 Å². The lowest BCUT2D eigenvalue weighted by molar-refractivity contribution is 0.0176. The Labute approximate surface area is 87.2 Å². The van der Waals surface area contributed by atoms with Gasteiger partial charge in [-0.2, -0.15) is 5.10 Å². The second-order valence-electron chi connectivity index (χ2n) is 3.70. The van der Waals surface area contributed by atoms with Crippen molar-refractivity contribution >= 4 is 11.7 Å². The molecular weight excluding hydrogens is 196 g/mol. The van der Waals surface area contributed by atoms with Crippen molar-refractivity contribution < 1.29 is 9.53 Å². The number of H-pyrrole nitrogens is 1. The summed E-state index contributed by atoms with van der Waals surface area (Å²) < 4.78 is 5.12. The Morgan fingerprint density at radius 3 is 3.00 bits per heavy atom. The third-order valence-electron chi connectivity index (χ3n) is 2.68. The standard InChI is InChI=1S/C9H14N4O2/c1-15-6-2-5(3-6)12-9(14)7-4-11-13-8(7)10/h4-6H,2-3H2,1H3,(H,12,14)(H3,10,11,13). The van der Waals surface area contributed by atoms with Gasteiger partial charge in [0, 0.05) is 13.2 Å². The molecule has 0 aromatic carbocycles. The van der Waals surface area contributed by atoms with E-state index in [0.29, 0.717) is 11.4 Å². The summed E-state index contributed by atoms with van der Waals surface area (Å²) in [5.41, 5.74) is 5.93. The molecule has 0 saturated heterocycles. The maximum absolute atomic E-state index is 11.6. The van der Waals surface area contributed by atoms with Gasteiger partial charge in [-0.3, -0.25) is 9.89 Å². The van der Waals surface area contributed by atoms with Crippen molar-refractivity contribution in [1.29, 1.82) is 0 Å². The normalized spacial score (nSPS) is 24.6. The summed E-state index contributed by atoms with van der Waals surface area (Å²) in [4.78, 5) is 11.6. The lowest BCUT2D eigenvalue weighted by Gasteiger charge is -2.34. The summed E-state index contributed by atoms with van der Waals surface area (Å²) in [6, 6.07) is 0.191. The van der Waals surface area contributed by atoms with Gasteiger partial charge in [-0.15, -0.1) is 0 Å². The van der Waals surface area contributed by atoms with Gasteiger partial charge in [-0.05, 0) is 12.8 Å². The van der Waals surface area contributed by atoms with Crippen LogP contribution in [0.3, 0.4) is 0 Å². The van der Waals surface area contributed by atoms with Crippen LogP contribution in [0.15, 0.2) is 6.20 Å². The number of nitrogen functional groups attached to an aromatic ring is 1. The van der Waals surface area contributed by atoms with Gasteiger partial charge in [0.2, 0.25) is 0 Å². The second-order valence-corrected chi connectivity index (χ2v) is 3.70. The van der Waals surface area contributed by atoms with Crippen LogP contribution in [-0.4, -0.2) is 35.4 Å². The minimum absolute atomic E-state index is 0.180. The molecule has 0 aliphatic heterocycles. The Morgan fingerprint density at radius 1 is 1.73 bits per heavy atom. The molecular formula is C9H14N4O2. The van der Waals surface area contributed by atoms with E-state index < -0.39 is 0 Å². The molecule has 1 fully saturated rings. The number of hydrogen-bond donors (Lipinski definition) is 3. The first kappa shape index (κ1) is 9.97. The minimum Gasteiger partial charge on any atom is -0.383 e. The number of nitrogens with two attached hydrogens (primary N) is 1. The van der Waals surface area contributed by atoms with Gasteiger partial charge in [-0.25, -0.2) is 0 Å². The van der Waals surface area contributed by atoms with Crippen LogP contribution < -0.4 is 11.1 Å². The highest BCUT2D eigenvalue weighted by Crippen LogP contribution is 2.23. The molecule has 4 N–H and O–H groups in total. The number of amides is 1. The molecule has 2 rings (SSSR count). The van der Waals surface area contributed by atoms with Gasteiger partial charge in [-0.1, -0.05) is 0 Å². The highest BCUT2D eigenvalue weighted by molar-refractivity contribution is 5.98. The lowest BCUT2D eigenvalue weighted by Crippen LogP contribution is -2.47. The van der Waals surface area contributed by atoms with Crippen LogP contribution >= 0.6 is 0 Å². The summed E-state index contributed by atoms with van der Waals surface area (Å²) in [5.74, 6) is 0.121. The molecule has 6 nitrogen and oxygen atoms in total. The molecule has 1 heterocycles. The Morgan fingerprint density at radius 2 is 2.47 bits per heavy atom. The molecule has 82 valence electrons. The van der Waals surface area contributed by atoms with E-state index in [4.69, 9.17) is 10.5 Å². The summed E-state index contributed by atoms with van der Waals surface area (Å²) >= 11 is 0. The van der Waals surface area contributed by atoms with Crippen molar-refractivity contribution in [3.8, 4) is 0 Å². The number of aromatic amines is 1. The van der Waals surface area contributed by atoms with Gasteiger partial charge in [0.05, 0.1) is 12.3 Å². The zero-order valence-corrected chi connectivity index (χ0v) is 8.49. The maximum Gasteiger partial charge on any atom is 0.256 e. The fourth-order valence-corrected chi connectivity index (χ4v) is 1.62. The fourth-order valence-electron chi connectivity index (χ4n) is 1.62. The van der Waals surface area contributed by atoms with Crippen molar-refractivity contribution in [1.82, 2.24) is 15.5 Å². The predicted molar refractivity (Wildman–Crippen MR) is 54.3 cm³/mol. The van der Waals surface area contributed by atoms with E-state index in [1.165, 1.54) is 6.20 Å². The van der Waals surface area contributed by atoms with Gasteiger partial charge >= 0.3 is 0 Å². The Hall–Kier alpha value is -1.56. The minimum atomic E-state index is -0.180. The van der Waals surface area contributed by atoms with Crippen molar-refractivity contribution in [3.63, 3.8) is 0 Å². The lowest BCUT2D eigenvalue weighted by atomic mass is 9.89. The summed E-state index contributed by atoms with van der Waals surface area (Å²) in [7, 11) is 1.68. The largest absolute Gasteiger partial charge is 0.383 e. The van der Waals surface area contributed by atoms with E-state index in [1.54, 1.807) is 7.11 Å². The number of aromatic nitrogens is 2. The van der Waals surface area contributed by atoms with Crippen LogP contribution in [0.5, 0.6) is 0 Å².